The van der Waals surface area contributed by atoms with Crippen molar-refractivity contribution in [2.45, 2.75) is 18.2 Å². The number of likely N-dealkylation sites (tertiary alicyclic amines) is 1. The standard InChI is InChI=1S/C22H27N3O4/c1-23-8-10-24(11-9-23)20(26)18-17-6-7-22(29-17)14-25(21(27)19(18)22)13-15-4-3-5-16(12-15)28-2/h3-7,12,17-19H,8-11,13-14H2,1-2H3/t17-,18?,19?,22-/m1/s1. The third-order valence-corrected chi connectivity index (χ3v) is 6.79. The predicted molar refractivity (Wildman–Crippen MR) is 106 cm³/mol. The van der Waals surface area contributed by atoms with Crippen LogP contribution in [0.4, 0.5) is 0 Å². The molecule has 7 heteroatoms. The van der Waals surface area contributed by atoms with Gasteiger partial charge in [-0.1, -0.05) is 24.3 Å². The molecule has 2 unspecified atom stereocenters. The lowest BCUT2D eigenvalue weighted by atomic mass is 9.76. The summed E-state index contributed by atoms with van der Waals surface area (Å²) in [6.07, 6.45) is 3.71. The van der Waals surface area contributed by atoms with E-state index in [0.29, 0.717) is 26.2 Å². The summed E-state index contributed by atoms with van der Waals surface area (Å²) in [7, 11) is 3.70. The molecule has 4 aliphatic rings. The van der Waals surface area contributed by atoms with Crippen LogP contribution >= 0.6 is 0 Å². The summed E-state index contributed by atoms with van der Waals surface area (Å²) in [5, 5.41) is 0. The van der Waals surface area contributed by atoms with Gasteiger partial charge in [0.15, 0.2) is 0 Å². The Kier molecular flexibility index (Phi) is 4.40. The SMILES string of the molecule is COc1cccc(CN2C[C@@]34C=C[C@@H](O3)C(C(=O)N3CCN(C)CC3)C4C2=O)c1. The van der Waals surface area contributed by atoms with Gasteiger partial charge >= 0.3 is 0 Å². The Bertz CT molecular complexity index is 863. The average molecular weight is 397 g/mol. The van der Waals surface area contributed by atoms with Crippen LogP contribution in [0.5, 0.6) is 5.75 Å². The first-order valence-corrected chi connectivity index (χ1v) is 10.3. The lowest BCUT2D eigenvalue weighted by molar-refractivity contribution is -0.144. The molecule has 0 saturated carbocycles. The van der Waals surface area contributed by atoms with Crippen molar-refractivity contribution in [2.24, 2.45) is 11.8 Å². The maximum absolute atomic E-state index is 13.4. The average Bonchev–Trinajstić information content (AvgIpc) is 3.36. The molecule has 1 aromatic carbocycles. The first kappa shape index (κ1) is 18.6. The zero-order valence-electron chi connectivity index (χ0n) is 16.9. The van der Waals surface area contributed by atoms with Crippen molar-refractivity contribution < 1.29 is 19.1 Å². The Balaban J connectivity index is 1.36. The van der Waals surface area contributed by atoms with Crippen LogP contribution in [0.3, 0.4) is 0 Å². The number of rotatable bonds is 4. The molecule has 1 spiro atoms. The number of amides is 2. The highest BCUT2D eigenvalue weighted by molar-refractivity contribution is 5.93. The summed E-state index contributed by atoms with van der Waals surface area (Å²) < 4.78 is 11.6. The number of nitrogens with zero attached hydrogens (tertiary/aromatic N) is 3. The van der Waals surface area contributed by atoms with Crippen molar-refractivity contribution in [3.63, 3.8) is 0 Å². The highest BCUT2D eigenvalue weighted by Gasteiger charge is 2.67. The van der Waals surface area contributed by atoms with Crippen molar-refractivity contribution in [2.75, 3.05) is 46.9 Å². The first-order valence-electron chi connectivity index (χ1n) is 10.3. The quantitative estimate of drug-likeness (QED) is 0.702. The van der Waals surface area contributed by atoms with E-state index in [1.54, 1.807) is 7.11 Å². The highest BCUT2D eigenvalue weighted by Crippen LogP contribution is 2.52. The number of hydrogen-bond donors (Lipinski definition) is 0. The van der Waals surface area contributed by atoms with Gasteiger partial charge in [-0.25, -0.2) is 0 Å². The monoisotopic (exact) mass is 397 g/mol. The molecule has 2 amide bonds. The summed E-state index contributed by atoms with van der Waals surface area (Å²) in [5.74, 6) is 0.0252. The van der Waals surface area contributed by atoms with Gasteiger partial charge in [0, 0.05) is 32.7 Å². The first-order chi connectivity index (χ1) is 14.0. The van der Waals surface area contributed by atoms with Gasteiger partial charge in [0.2, 0.25) is 11.8 Å². The molecule has 7 nitrogen and oxygen atoms in total. The van der Waals surface area contributed by atoms with Crippen LogP contribution in [0.2, 0.25) is 0 Å². The molecule has 4 atom stereocenters. The number of hydrogen-bond acceptors (Lipinski definition) is 5. The molecule has 0 radical (unpaired) electrons. The van der Waals surface area contributed by atoms with Gasteiger partial charge in [0.05, 0.1) is 31.6 Å². The number of ether oxygens (including phenoxy) is 2. The molecule has 0 N–H and O–H groups in total. The molecule has 3 fully saturated rings. The van der Waals surface area contributed by atoms with Crippen LogP contribution in [0, 0.1) is 11.8 Å². The maximum Gasteiger partial charge on any atom is 0.230 e. The molecule has 0 aliphatic carbocycles. The van der Waals surface area contributed by atoms with Crippen molar-refractivity contribution in [3.05, 3.63) is 42.0 Å². The summed E-state index contributed by atoms with van der Waals surface area (Å²) in [6.45, 7) is 4.14. The summed E-state index contributed by atoms with van der Waals surface area (Å²) in [5.41, 5.74) is 0.350. The number of carbonyl (C=O) groups is 2. The number of methoxy groups -OCH3 is 1. The van der Waals surface area contributed by atoms with Gasteiger partial charge in [0.1, 0.15) is 11.4 Å². The zero-order valence-corrected chi connectivity index (χ0v) is 16.9. The van der Waals surface area contributed by atoms with Crippen LogP contribution < -0.4 is 4.74 Å². The number of benzene rings is 1. The Morgan fingerprint density at radius 2 is 2.07 bits per heavy atom. The molecule has 1 aromatic rings. The second kappa shape index (κ2) is 6.85. The molecule has 29 heavy (non-hydrogen) atoms. The van der Waals surface area contributed by atoms with Crippen molar-refractivity contribution in [1.29, 1.82) is 0 Å². The molecule has 3 saturated heterocycles. The van der Waals surface area contributed by atoms with Gasteiger partial charge in [-0.2, -0.15) is 0 Å². The number of fused-ring (bicyclic) bond motifs is 1. The number of likely N-dealkylation sites (N-methyl/N-ethyl adjacent to an activating group) is 1. The third kappa shape index (κ3) is 2.95. The minimum atomic E-state index is -0.659. The second-order valence-electron chi connectivity index (χ2n) is 8.57. The minimum absolute atomic E-state index is 0.0205. The highest BCUT2D eigenvalue weighted by atomic mass is 16.5. The van der Waals surface area contributed by atoms with E-state index in [1.165, 1.54) is 0 Å². The van der Waals surface area contributed by atoms with E-state index >= 15 is 0 Å². The molecule has 0 aromatic heterocycles. The van der Waals surface area contributed by atoms with Gasteiger partial charge in [-0.15, -0.1) is 0 Å². The van der Waals surface area contributed by atoms with Crippen LogP contribution in [-0.2, 0) is 20.9 Å². The zero-order chi connectivity index (χ0) is 20.2. The second-order valence-corrected chi connectivity index (χ2v) is 8.57. The fourth-order valence-electron chi connectivity index (χ4n) is 5.22. The third-order valence-electron chi connectivity index (χ3n) is 6.79. The van der Waals surface area contributed by atoms with E-state index in [0.717, 1.165) is 24.4 Å². The molecular formula is C22H27N3O4. The number of piperazine rings is 1. The molecule has 5 rings (SSSR count). The molecule has 4 heterocycles. The smallest absolute Gasteiger partial charge is 0.230 e. The van der Waals surface area contributed by atoms with Gasteiger partial charge in [-0.3, -0.25) is 9.59 Å². The molecule has 2 bridgehead atoms. The van der Waals surface area contributed by atoms with Crippen LogP contribution in [0.1, 0.15) is 5.56 Å². The van der Waals surface area contributed by atoms with Crippen LogP contribution in [-0.4, -0.2) is 85.1 Å². The molecule has 154 valence electrons. The van der Waals surface area contributed by atoms with E-state index < -0.39 is 17.4 Å². The van der Waals surface area contributed by atoms with Crippen molar-refractivity contribution >= 4 is 11.8 Å². The maximum atomic E-state index is 13.4. The fraction of sp³-hybridized carbons (Fsp3) is 0.545. The Morgan fingerprint density at radius 1 is 1.28 bits per heavy atom. The Morgan fingerprint density at radius 3 is 2.83 bits per heavy atom. The van der Waals surface area contributed by atoms with E-state index in [-0.39, 0.29) is 17.9 Å². The van der Waals surface area contributed by atoms with Crippen LogP contribution in [0.15, 0.2) is 36.4 Å². The van der Waals surface area contributed by atoms with E-state index in [4.69, 9.17) is 9.47 Å². The lowest BCUT2D eigenvalue weighted by Gasteiger charge is -2.35. The largest absolute Gasteiger partial charge is 0.497 e. The van der Waals surface area contributed by atoms with Gasteiger partial charge in [-0.05, 0) is 24.7 Å². The summed E-state index contributed by atoms with van der Waals surface area (Å²) in [4.78, 5) is 32.7. The van der Waals surface area contributed by atoms with Crippen molar-refractivity contribution in [3.8, 4) is 5.75 Å². The normalized spacial score (nSPS) is 33.4. The van der Waals surface area contributed by atoms with Crippen molar-refractivity contribution in [1.82, 2.24) is 14.7 Å². The molecular weight excluding hydrogens is 370 g/mol. The topological polar surface area (TPSA) is 62.3 Å². The van der Waals surface area contributed by atoms with Gasteiger partial charge in [0.25, 0.3) is 0 Å². The van der Waals surface area contributed by atoms with Gasteiger partial charge < -0.3 is 24.2 Å². The number of carbonyl (C=O) groups excluding carboxylic acids is 2. The minimum Gasteiger partial charge on any atom is -0.497 e. The summed E-state index contributed by atoms with van der Waals surface area (Å²) >= 11 is 0. The Hall–Kier alpha value is -2.38. The lowest BCUT2D eigenvalue weighted by Crippen LogP contribution is -2.52. The van der Waals surface area contributed by atoms with E-state index in [1.807, 2.05) is 46.2 Å². The summed E-state index contributed by atoms with van der Waals surface area (Å²) in [6, 6.07) is 7.75. The van der Waals surface area contributed by atoms with Crippen LogP contribution in [0.25, 0.3) is 0 Å². The predicted octanol–water partition coefficient (Wildman–Crippen LogP) is 0.751. The van der Waals surface area contributed by atoms with E-state index in [2.05, 4.69) is 11.9 Å². The van der Waals surface area contributed by atoms with E-state index in [9.17, 15) is 9.59 Å². The fourth-order valence-corrected chi connectivity index (χ4v) is 5.22. The molecule has 4 aliphatic heterocycles. The Labute approximate surface area is 170 Å².